The van der Waals surface area contributed by atoms with E-state index in [2.05, 4.69) is 15.5 Å². The van der Waals surface area contributed by atoms with Gasteiger partial charge in [-0.1, -0.05) is 42.4 Å². The number of hydrogen-bond donors (Lipinski definition) is 1. The number of carbonyl (C=O) groups is 2. The molecule has 2 amide bonds. The van der Waals surface area contributed by atoms with Crippen molar-refractivity contribution in [3.63, 3.8) is 0 Å². The predicted molar refractivity (Wildman–Crippen MR) is 116 cm³/mol. The number of piperazine rings is 1. The molecule has 0 atom stereocenters. The molecule has 10 heteroatoms. The first kappa shape index (κ1) is 22.1. The Morgan fingerprint density at radius 3 is 2.41 bits per heavy atom. The van der Waals surface area contributed by atoms with Crippen molar-refractivity contribution in [2.75, 3.05) is 37.2 Å². The molecule has 1 saturated carbocycles. The number of rotatable bonds is 5. The number of nitrogens with zero attached hydrogens (tertiary/aromatic N) is 4. The minimum Gasteiger partial charge on any atom is -0.444 e. The zero-order valence-corrected chi connectivity index (χ0v) is 19.1. The number of nitrogens with one attached hydrogen (secondary N) is 1. The highest BCUT2D eigenvalue weighted by Gasteiger charge is 2.27. The number of hydrogen-bond acceptors (Lipinski definition) is 8. The fourth-order valence-corrected chi connectivity index (χ4v) is 5.16. The molecule has 0 aromatic carbocycles. The number of ether oxygens (including phenoxy) is 1. The van der Waals surface area contributed by atoms with E-state index < -0.39 is 5.60 Å². The number of carbonyl (C=O) groups excluding carboxylic acids is 2. The van der Waals surface area contributed by atoms with Gasteiger partial charge in [-0.25, -0.2) is 4.79 Å². The third kappa shape index (κ3) is 7.02. The van der Waals surface area contributed by atoms with Gasteiger partial charge in [0, 0.05) is 32.2 Å². The Balaban J connectivity index is 1.38. The minimum atomic E-state index is -0.507. The molecule has 0 unspecified atom stereocenters. The van der Waals surface area contributed by atoms with E-state index >= 15 is 0 Å². The first-order valence-corrected chi connectivity index (χ1v) is 12.1. The standard InChI is InChI=1S/C19H31N5O3S2/c1-19(2,3)27-18(26)24-11-9-23(10-12-24)15(25)13-28-17-22-21-16(29-17)20-14-7-5-4-6-8-14/h14H,4-13H2,1-3H3,(H,20,21). The smallest absolute Gasteiger partial charge is 0.410 e. The predicted octanol–water partition coefficient (Wildman–Crippen LogP) is 3.45. The molecule has 0 spiro atoms. The molecule has 8 nitrogen and oxygen atoms in total. The van der Waals surface area contributed by atoms with Gasteiger partial charge >= 0.3 is 6.09 Å². The van der Waals surface area contributed by atoms with Crippen molar-refractivity contribution in [1.82, 2.24) is 20.0 Å². The van der Waals surface area contributed by atoms with E-state index in [0.29, 0.717) is 38.0 Å². The van der Waals surface area contributed by atoms with Crippen molar-refractivity contribution in [1.29, 1.82) is 0 Å². The van der Waals surface area contributed by atoms with Crippen LogP contribution in [0.5, 0.6) is 0 Å². The summed E-state index contributed by atoms with van der Waals surface area (Å²) in [5, 5.41) is 12.7. The summed E-state index contributed by atoms with van der Waals surface area (Å²) >= 11 is 2.94. The highest BCUT2D eigenvalue weighted by atomic mass is 32.2. The molecule has 162 valence electrons. The van der Waals surface area contributed by atoms with Crippen LogP contribution < -0.4 is 5.32 Å². The van der Waals surface area contributed by atoms with Gasteiger partial charge in [-0.2, -0.15) is 0 Å². The van der Waals surface area contributed by atoms with Crippen molar-refractivity contribution in [2.24, 2.45) is 0 Å². The lowest BCUT2D eigenvalue weighted by atomic mass is 9.96. The molecular formula is C19H31N5O3S2. The maximum absolute atomic E-state index is 12.5. The summed E-state index contributed by atoms with van der Waals surface area (Å²) in [6, 6.07) is 0.498. The van der Waals surface area contributed by atoms with E-state index in [4.69, 9.17) is 4.74 Å². The first-order valence-electron chi connectivity index (χ1n) is 10.3. The zero-order chi connectivity index (χ0) is 20.9. The molecule has 1 N–H and O–H groups in total. The van der Waals surface area contributed by atoms with Gasteiger partial charge in [-0.15, -0.1) is 10.2 Å². The molecule has 2 aliphatic rings. The van der Waals surface area contributed by atoms with Crippen molar-refractivity contribution in [3.8, 4) is 0 Å². The van der Waals surface area contributed by atoms with Crippen LogP contribution in [0.2, 0.25) is 0 Å². The Kier molecular flexibility index (Phi) is 7.61. The van der Waals surface area contributed by atoms with E-state index in [0.717, 1.165) is 9.47 Å². The van der Waals surface area contributed by atoms with E-state index in [-0.39, 0.29) is 12.0 Å². The topological polar surface area (TPSA) is 87.7 Å². The highest BCUT2D eigenvalue weighted by molar-refractivity contribution is 8.01. The van der Waals surface area contributed by atoms with Crippen molar-refractivity contribution in [2.45, 2.75) is 68.9 Å². The van der Waals surface area contributed by atoms with Crippen LogP contribution in [0.1, 0.15) is 52.9 Å². The average molecular weight is 442 g/mol. The maximum Gasteiger partial charge on any atom is 0.410 e. The second-order valence-corrected chi connectivity index (χ2v) is 10.7. The Morgan fingerprint density at radius 1 is 1.10 bits per heavy atom. The van der Waals surface area contributed by atoms with Gasteiger partial charge < -0.3 is 19.9 Å². The number of thioether (sulfide) groups is 1. The summed E-state index contributed by atoms with van der Waals surface area (Å²) in [6.07, 6.45) is 5.93. The lowest BCUT2D eigenvalue weighted by Gasteiger charge is -2.35. The SMILES string of the molecule is CC(C)(C)OC(=O)N1CCN(C(=O)CSc2nnc(NC3CCCCC3)s2)CC1. The van der Waals surface area contributed by atoms with Gasteiger partial charge in [0.15, 0.2) is 4.34 Å². The van der Waals surface area contributed by atoms with Gasteiger partial charge in [0.05, 0.1) is 5.75 Å². The lowest BCUT2D eigenvalue weighted by Crippen LogP contribution is -2.52. The van der Waals surface area contributed by atoms with Crippen molar-refractivity contribution in [3.05, 3.63) is 0 Å². The molecule has 1 aliphatic heterocycles. The van der Waals surface area contributed by atoms with E-state index in [1.165, 1.54) is 55.2 Å². The number of aromatic nitrogens is 2. The summed E-state index contributed by atoms with van der Waals surface area (Å²) in [4.78, 5) is 28.1. The fourth-order valence-electron chi connectivity index (χ4n) is 3.43. The number of anilines is 1. The van der Waals surface area contributed by atoms with E-state index in [9.17, 15) is 9.59 Å². The molecule has 0 bridgehead atoms. The molecule has 2 heterocycles. The summed E-state index contributed by atoms with van der Waals surface area (Å²) < 4.78 is 6.20. The molecule has 1 aromatic heterocycles. The number of amides is 2. The van der Waals surface area contributed by atoms with Gasteiger partial charge in [-0.05, 0) is 33.6 Å². The van der Waals surface area contributed by atoms with Crippen LogP contribution in [0.4, 0.5) is 9.93 Å². The molecule has 1 aliphatic carbocycles. The largest absolute Gasteiger partial charge is 0.444 e. The molecular weight excluding hydrogens is 410 g/mol. The fraction of sp³-hybridized carbons (Fsp3) is 0.789. The van der Waals surface area contributed by atoms with Crippen LogP contribution in [-0.4, -0.2) is 75.6 Å². The van der Waals surface area contributed by atoms with Crippen LogP contribution in [0.3, 0.4) is 0 Å². The van der Waals surface area contributed by atoms with Crippen LogP contribution in [0, 0.1) is 0 Å². The van der Waals surface area contributed by atoms with Gasteiger partial charge in [0.2, 0.25) is 11.0 Å². The Bertz CT molecular complexity index is 692. The van der Waals surface area contributed by atoms with Gasteiger partial charge in [0.25, 0.3) is 0 Å². The molecule has 1 saturated heterocycles. The first-order chi connectivity index (χ1) is 13.8. The maximum atomic E-state index is 12.5. The second kappa shape index (κ2) is 9.97. The van der Waals surface area contributed by atoms with Crippen molar-refractivity contribution >= 4 is 40.2 Å². The third-order valence-corrected chi connectivity index (χ3v) is 6.91. The minimum absolute atomic E-state index is 0.0656. The summed E-state index contributed by atoms with van der Waals surface area (Å²) in [5.74, 6) is 0.403. The Labute approximate surface area is 180 Å². The Hall–Kier alpha value is -1.55. The normalized spacial score (nSPS) is 18.6. The molecule has 2 fully saturated rings. The van der Waals surface area contributed by atoms with Crippen LogP contribution in [0.25, 0.3) is 0 Å². The van der Waals surface area contributed by atoms with E-state index in [1.54, 1.807) is 9.80 Å². The summed E-state index contributed by atoms with van der Waals surface area (Å²) in [6.45, 7) is 7.62. The summed E-state index contributed by atoms with van der Waals surface area (Å²) in [7, 11) is 0. The van der Waals surface area contributed by atoms with Gasteiger partial charge in [0.1, 0.15) is 5.60 Å². The second-order valence-electron chi connectivity index (χ2n) is 8.49. The van der Waals surface area contributed by atoms with Crippen LogP contribution in [0.15, 0.2) is 4.34 Å². The molecule has 3 rings (SSSR count). The average Bonchev–Trinajstić information content (AvgIpc) is 3.13. The van der Waals surface area contributed by atoms with Crippen LogP contribution >= 0.6 is 23.1 Å². The van der Waals surface area contributed by atoms with E-state index in [1.807, 2.05) is 20.8 Å². The lowest BCUT2D eigenvalue weighted by molar-refractivity contribution is -0.130. The van der Waals surface area contributed by atoms with Crippen molar-refractivity contribution < 1.29 is 14.3 Å². The highest BCUT2D eigenvalue weighted by Crippen LogP contribution is 2.28. The molecule has 0 radical (unpaired) electrons. The van der Waals surface area contributed by atoms with Gasteiger partial charge in [-0.3, -0.25) is 4.79 Å². The van der Waals surface area contributed by atoms with Crippen LogP contribution in [-0.2, 0) is 9.53 Å². The summed E-state index contributed by atoms with van der Waals surface area (Å²) in [5.41, 5.74) is -0.507. The third-order valence-electron chi connectivity index (χ3n) is 4.94. The molecule has 1 aromatic rings. The monoisotopic (exact) mass is 441 g/mol. The Morgan fingerprint density at radius 2 is 1.76 bits per heavy atom. The quantitative estimate of drug-likeness (QED) is 0.700. The molecule has 29 heavy (non-hydrogen) atoms. The zero-order valence-electron chi connectivity index (χ0n) is 17.5.